The van der Waals surface area contributed by atoms with E-state index in [1.165, 1.54) is 11.3 Å². The van der Waals surface area contributed by atoms with Crippen molar-refractivity contribution in [2.45, 2.75) is 33.1 Å². The largest absolute Gasteiger partial charge is 0.481 e. The Balaban J connectivity index is 2.70. The summed E-state index contributed by atoms with van der Waals surface area (Å²) in [5.41, 5.74) is 1.57. The molecular formula is C13H22N4O3S. The molecule has 0 spiro atoms. The van der Waals surface area contributed by atoms with Gasteiger partial charge in [-0.15, -0.1) is 10.2 Å². The molecule has 0 aromatic carbocycles. The lowest BCUT2D eigenvalue weighted by atomic mass is 10.3. The molecule has 1 heterocycles. The minimum Gasteiger partial charge on any atom is -0.481 e. The van der Waals surface area contributed by atoms with Crippen LogP contribution in [0.15, 0.2) is 5.51 Å². The summed E-state index contributed by atoms with van der Waals surface area (Å²) in [6.45, 7) is 5.89. The first-order chi connectivity index (χ1) is 10.1. The molecule has 1 rings (SSSR count). The van der Waals surface area contributed by atoms with E-state index in [4.69, 9.17) is 5.11 Å². The summed E-state index contributed by atoms with van der Waals surface area (Å²) in [5.74, 6) is -0.893. The van der Waals surface area contributed by atoms with E-state index >= 15 is 0 Å². The normalized spacial score (nSPS) is 10.4. The van der Waals surface area contributed by atoms with Gasteiger partial charge in [-0.3, -0.25) is 9.59 Å². The van der Waals surface area contributed by atoms with Crippen LogP contribution in [-0.4, -0.2) is 58.3 Å². The Morgan fingerprint density at radius 2 is 1.90 bits per heavy atom. The number of nitrogens with zero attached hydrogens (tertiary/aromatic N) is 4. The first-order valence-electron chi connectivity index (χ1n) is 7.09. The zero-order valence-electron chi connectivity index (χ0n) is 12.5. The fraction of sp³-hybridized carbons (Fsp3) is 0.692. The summed E-state index contributed by atoms with van der Waals surface area (Å²) in [5, 5.41) is 17.1. The Morgan fingerprint density at radius 3 is 2.38 bits per heavy atom. The number of carbonyl (C=O) groups excluding carboxylic acids is 1. The lowest BCUT2D eigenvalue weighted by Gasteiger charge is -2.26. The Morgan fingerprint density at radius 1 is 1.24 bits per heavy atom. The Labute approximate surface area is 128 Å². The molecule has 8 heteroatoms. The first-order valence-corrected chi connectivity index (χ1v) is 7.97. The maximum atomic E-state index is 12.4. The van der Waals surface area contributed by atoms with E-state index in [1.807, 2.05) is 18.7 Å². The maximum Gasteiger partial charge on any atom is 0.305 e. The van der Waals surface area contributed by atoms with Crippen molar-refractivity contribution >= 4 is 28.3 Å². The van der Waals surface area contributed by atoms with E-state index in [1.54, 1.807) is 10.4 Å². The van der Waals surface area contributed by atoms with Gasteiger partial charge in [0.25, 0.3) is 0 Å². The van der Waals surface area contributed by atoms with Gasteiger partial charge >= 0.3 is 5.97 Å². The van der Waals surface area contributed by atoms with Crippen LogP contribution in [0.25, 0.3) is 0 Å². The Hall–Kier alpha value is -1.70. The van der Waals surface area contributed by atoms with Crippen LogP contribution in [0.5, 0.6) is 0 Å². The summed E-state index contributed by atoms with van der Waals surface area (Å²) in [6.07, 6.45) is 1.77. The monoisotopic (exact) mass is 314 g/mol. The molecule has 0 aliphatic rings. The summed E-state index contributed by atoms with van der Waals surface area (Å²) in [4.78, 5) is 26.6. The molecule has 0 aliphatic carbocycles. The number of carboxylic acid groups (broad SMARTS) is 1. The summed E-state index contributed by atoms with van der Waals surface area (Å²) in [7, 11) is 0. The molecule has 1 aromatic rings. The van der Waals surface area contributed by atoms with Crippen molar-refractivity contribution in [2.75, 3.05) is 31.1 Å². The molecule has 0 fully saturated rings. The standard InChI is InChI=1S/C13H22N4O3S/c1-3-6-16(7-4-2)11(18)9-17(8-5-12(19)20)13-15-14-10-21-13/h10H,3-9H2,1-2H3,(H,19,20). The van der Waals surface area contributed by atoms with Gasteiger partial charge < -0.3 is 14.9 Å². The minimum atomic E-state index is -0.893. The van der Waals surface area contributed by atoms with Crippen LogP contribution in [-0.2, 0) is 9.59 Å². The molecule has 1 N–H and O–H groups in total. The highest BCUT2D eigenvalue weighted by molar-refractivity contribution is 7.13. The van der Waals surface area contributed by atoms with Gasteiger partial charge in [0.1, 0.15) is 5.51 Å². The first kappa shape index (κ1) is 17.4. The van der Waals surface area contributed by atoms with Gasteiger partial charge in [-0.2, -0.15) is 0 Å². The van der Waals surface area contributed by atoms with Gasteiger partial charge in [0.15, 0.2) is 0 Å². The highest BCUT2D eigenvalue weighted by Gasteiger charge is 2.19. The molecule has 0 saturated heterocycles. The van der Waals surface area contributed by atoms with Crippen LogP contribution in [0, 0.1) is 0 Å². The van der Waals surface area contributed by atoms with Crippen LogP contribution in [0.1, 0.15) is 33.1 Å². The van der Waals surface area contributed by atoms with E-state index < -0.39 is 5.97 Å². The number of hydrogen-bond donors (Lipinski definition) is 1. The van der Waals surface area contributed by atoms with Crippen molar-refractivity contribution in [3.05, 3.63) is 5.51 Å². The second-order valence-corrected chi connectivity index (χ2v) is 5.48. The molecule has 0 atom stereocenters. The predicted octanol–water partition coefficient (Wildman–Crippen LogP) is 1.47. The molecule has 0 bridgehead atoms. The number of hydrogen-bond acceptors (Lipinski definition) is 6. The van der Waals surface area contributed by atoms with E-state index in [0.29, 0.717) is 5.13 Å². The van der Waals surface area contributed by atoms with Crippen molar-refractivity contribution in [3.63, 3.8) is 0 Å². The third-order valence-electron chi connectivity index (χ3n) is 2.88. The van der Waals surface area contributed by atoms with Crippen molar-refractivity contribution in [2.24, 2.45) is 0 Å². The Kier molecular flexibility index (Phi) is 7.66. The van der Waals surface area contributed by atoms with E-state index in [0.717, 1.165) is 25.9 Å². The average molecular weight is 314 g/mol. The average Bonchev–Trinajstić information content (AvgIpc) is 2.96. The van der Waals surface area contributed by atoms with E-state index in [2.05, 4.69) is 10.2 Å². The maximum absolute atomic E-state index is 12.4. The lowest BCUT2D eigenvalue weighted by Crippen LogP contribution is -2.42. The van der Waals surface area contributed by atoms with Crippen molar-refractivity contribution in [1.82, 2.24) is 15.1 Å². The number of carbonyl (C=O) groups is 2. The van der Waals surface area contributed by atoms with Gasteiger partial charge in [-0.1, -0.05) is 25.2 Å². The highest BCUT2D eigenvalue weighted by atomic mass is 32.1. The SMILES string of the molecule is CCCN(CCC)C(=O)CN(CCC(=O)O)c1nncs1. The molecule has 0 aliphatic heterocycles. The number of aromatic nitrogens is 2. The number of anilines is 1. The summed E-state index contributed by atoms with van der Waals surface area (Å²) in [6, 6.07) is 0. The van der Waals surface area contributed by atoms with Gasteiger partial charge in [-0.25, -0.2) is 0 Å². The number of amides is 1. The fourth-order valence-corrected chi connectivity index (χ4v) is 2.53. The highest BCUT2D eigenvalue weighted by Crippen LogP contribution is 2.16. The van der Waals surface area contributed by atoms with E-state index in [9.17, 15) is 9.59 Å². The van der Waals surface area contributed by atoms with Crippen LogP contribution in [0.3, 0.4) is 0 Å². The quantitative estimate of drug-likeness (QED) is 0.704. The molecule has 1 amide bonds. The predicted molar refractivity (Wildman–Crippen MR) is 81.5 cm³/mol. The minimum absolute atomic E-state index is 0.000659. The van der Waals surface area contributed by atoms with Gasteiger partial charge in [0.05, 0.1) is 13.0 Å². The van der Waals surface area contributed by atoms with Crippen molar-refractivity contribution in [1.29, 1.82) is 0 Å². The zero-order chi connectivity index (χ0) is 15.7. The second kappa shape index (κ2) is 9.28. The van der Waals surface area contributed by atoms with Crippen molar-refractivity contribution < 1.29 is 14.7 Å². The van der Waals surface area contributed by atoms with Crippen LogP contribution in [0.4, 0.5) is 5.13 Å². The van der Waals surface area contributed by atoms with Gasteiger partial charge in [-0.05, 0) is 12.8 Å². The summed E-state index contributed by atoms with van der Waals surface area (Å²) >= 11 is 1.30. The van der Waals surface area contributed by atoms with Crippen LogP contribution >= 0.6 is 11.3 Å². The smallest absolute Gasteiger partial charge is 0.305 e. The van der Waals surface area contributed by atoms with Crippen LogP contribution in [0.2, 0.25) is 0 Å². The molecular weight excluding hydrogens is 292 g/mol. The second-order valence-electron chi connectivity index (χ2n) is 4.67. The van der Waals surface area contributed by atoms with Crippen LogP contribution < -0.4 is 4.90 Å². The molecule has 0 radical (unpaired) electrons. The third-order valence-corrected chi connectivity index (χ3v) is 3.63. The summed E-state index contributed by atoms with van der Waals surface area (Å²) < 4.78 is 0. The third kappa shape index (κ3) is 6.07. The number of aliphatic carboxylic acids is 1. The van der Waals surface area contributed by atoms with Gasteiger partial charge in [0.2, 0.25) is 11.0 Å². The fourth-order valence-electron chi connectivity index (χ4n) is 1.94. The number of rotatable bonds is 10. The molecule has 0 unspecified atom stereocenters. The number of carboxylic acids is 1. The molecule has 118 valence electrons. The topological polar surface area (TPSA) is 86.6 Å². The molecule has 21 heavy (non-hydrogen) atoms. The molecule has 0 saturated carbocycles. The lowest BCUT2D eigenvalue weighted by molar-refractivity contribution is -0.137. The van der Waals surface area contributed by atoms with Crippen molar-refractivity contribution in [3.8, 4) is 0 Å². The zero-order valence-corrected chi connectivity index (χ0v) is 13.3. The van der Waals surface area contributed by atoms with E-state index in [-0.39, 0.29) is 25.4 Å². The molecule has 7 nitrogen and oxygen atoms in total. The Bertz CT molecular complexity index is 433. The van der Waals surface area contributed by atoms with Gasteiger partial charge in [0, 0.05) is 19.6 Å². The molecule has 1 aromatic heterocycles.